The number of allylic oxidation sites excluding steroid dienone is 1. The molecule has 5 nitrogen and oxygen atoms in total. The lowest BCUT2D eigenvalue weighted by Gasteiger charge is -2.22. The minimum absolute atomic E-state index is 0.132. The zero-order chi connectivity index (χ0) is 17.3. The SMILES string of the molecule is CCOC=C1C(C#N)=C(N)NN1c1c(F)c(F)c(F)c(F)c1F. The molecule has 3 N–H and O–H groups in total. The maximum atomic E-state index is 13.9. The van der Waals surface area contributed by atoms with Gasteiger partial charge in [-0.25, -0.2) is 27.0 Å². The molecule has 0 aromatic heterocycles. The van der Waals surface area contributed by atoms with E-state index in [1.54, 1.807) is 13.0 Å². The summed E-state index contributed by atoms with van der Waals surface area (Å²) in [5, 5.41) is 9.47. The van der Waals surface area contributed by atoms with Crippen molar-refractivity contribution in [2.45, 2.75) is 6.92 Å². The van der Waals surface area contributed by atoms with Crippen molar-refractivity contribution in [1.82, 2.24) is 5.43 Å². The van der Waals surface area contributed by atoms with Crippen molar-refractivity contribution in [2.75, 3.05) is 11.6 Å². The van der Waals surface area contributed by atoms with E-state index in [0.717, 1.165) is 6.26 Å². The van der Waals surface area contributed by atoms with Crippen molar-refractivity contribution in [2.24, 2.45) is 5.73 Å². The van der Waals surface area contributed by atoms with Crippen LogP contribution in [0.1, 0.15) is 6.92 Å². The first-order valence-electron chi connectivity index (χ1n) is 6.15. The number of halogens is 5. The number of benzene rings is 1. The van der Waals surface area contributed by atoms with Gasteiger partial charge in [-0.2, -0.15) is 5.26 Å². The summed E-state index contributed by atoms with van der Waals surface area (Å²) in [5.74, 6) is -11.0. The van der Waals surface area contributed by atoms with E-state index in [1.165, 1.54) is 0 Å². The van der Waals surface area contributed by atoms with Gasteiger partial charge in [-0.1, -0.05) is 0 Å². The Kier molecular flexibility index (Phi) is 4.31. The average Bonchev–Trinajstić information content (AvgIpc) is 2.84. The maximum absolute atomic E-state index is 13.9. The second-order valence-corrected chi connectivity index (χ2v) is 4.22. The van der Waals surface area contributed by atoms with E-state index in [2.05, 4.69) is 5.43 Å². The van der Waals surface area contributed by atoms with Crippen LogP contribution in [0.3, 0.4) is 0 Å². The molecule has 1 aliphatic rings. The van der Waals surface area contributed by atoms with Gasteiger partial charge in [-0.05, 0) is 6.92 Å². The van der Waals surface area contributed by atoms with Crippen molar-refractivity contribution >= 4 is 5.69 Å². The zero-order valence-electron chi connectivity index (χ0n) is 11.6. The summed E-state index contributed by atoms with van der Waals surface area (Å²) in [4.78, 5) is 0. The highest BCUT2D eigenvalue weighted by atomic mass is 19.2. The molecule has 0 saturated heterocycles. The Hall–Kier alpha value is -2.96. The van der Waals surface area contributed by atoms with Gasteiger partial charge in [0.15, 0.2) is 23.3 Å². The number of anilines is 1. The average molecular weight is 332 g/mol. The highest BCUT2D eigenvalue weighted by Crippen LogP contribution is 2.35. The van der Waals surface area contributed by atoms with Crippen LogP contribution in [0.25, 0.3) is 0 Å². The Morgan fingerprint density at radius 2 is 1.65 bits per heavy atom. The molecule has 1 heterocycles. The number of ether oxygens (including phenoxy) is 1. The Morgan fingerprint density at radius 3 is 2.13 bits per heavy atom. The molecule has 0 spiro atoms. The molecule has 122 valence electrons. The lowest BCUT2D eigenvalue weighted by molar-refractivity contribution is 0.266. The second-order valence-electron chi connectivity index (χ2n) is 4.22. The van der Waals surface area contributed by atoms with Gasteiger partial charge in [0.05, 0.1) is 6.61 Å². The topological polar surface area (TPSA) is 74.3 Å². The van der Waals surface area contributed by atoms with E-state index >= 15 is 0 Å². The Bertz CT molecular complexity index is 740. The minimum Gasteiger partial charge on any atom is -0.499 e. The molecule has 0 atom stereocenters. The number of nitrogens with two attached hydrogens (primary N) is 1. The molecule has 0 amide bonds. The first-order valence-corrected chi connectivity index (χ1v) is 6.15. The molecule has 10 heteroatoms. The molecule has 1 aromatic rings. The monoisotopic (exact) mass is 332 g/mol. The Morgan fingerprint density at radius 1 is 1.13 bits per heavy atom. The van der Waals surface area contributed by atoms with Gasteiger partial charge in [0.1, 0.15) is 35.1 Å². The summed E-state index contributed by atoms with van der Waals surface area (Å²) in [6.45, 7) is 1.72. The Balaban J connectivity index is 2.66. The van der Waals surface area contributed by atoms with Crippen LogP contribution in [-0.4, -0.2) is 6.61 Å². The third kappa shape index (κ3) is 2.50. The number of hydrogen-bond donors (Lipinski definition) is 2. The summed E-state index contributed by atoms with van der Waals surface area (Å²) in [6, 6.07) is 1.65. The molecular weight excluding hydrogens is 323 g/mol. The van der Waals surface area contributed by atoms with Crippen LogP contribution < -0.4 is 16.2 Å². The number of hydrazine groups is 1. The second kappa shape index (κ2) is 6.04. The molecule has 0 unspecified atom stereocenters. The molecule has 0 fully saturated rings. The van der Waals surface area contributed by atoms with Crippen LogP contribution in [0.5, 0.6) is 0 Å². The van der Waals surface area contributed by atoms with Gasteiger partial charge in [0.2, 0.25) is 5.82 Å². The van der Waals surface area contributed by atoms with Crippen molar-refractivity contribution in [3.05, 3.63) is 52.4 Å². The third-order valence-corrected chi connectivity index (χ3v) is 2.88. The van der Waals surface area contributed by atoms with Gasteiger partial charge in [-0.3, -0.25) is 5.43 Å². The number of nitrogens with one attached hydrogen (secondary N) is 1. The standard InChI is InChI=1S/C13H9F5N4O/c1-2-23-4-6-5(3-19)13(20)21-22(6)12-10(17)8(15)7(14)9(16)11(12)18/h4,21H,2,20H2,1H3. The van der Waals surface area contributed by atoms with Crippen molar-refractivity contribution in [3.8, 4) is 6.07 Å². The zero-order valence-corrected chi connectivity index (χ0v) is 11.6. The smallest absolute Gasteiger partial charge is 0.200 e. The predicted octanol–water partition coefficient (Wildman–Crippen LogP) is 2.28. The summed E-state index contributed by atoms with van der Waals surface area (Å²) in [6.07, 6.45) is 0.920. The van der Waals surface area contributed by atoms with Gasteiger partial charge < -0.3 is 10.5 Å². The van der Waals surface area contributed by atoms with E-state index < -0.39 is 34.8 Å². The molecule has 0 radical (unpaired) electrons. The van der Waals surface area contributed by atoms with Gasteiger partial charge >= 0.3 is 0 Å². The fourth-order valence-corrected chi connectivity index (χ4v) is 1.84. The highest BCUT2D eigenvalue weighted by Gasteiger charge is 2.35. The first kappa shape index (κ1) is 16.4. The summed E-state index contributed by atoms with van der Waals surface area (Å²) in [5.41, 5.74) is 5.78. The number of nitrogens with zero attached hydrogens (tertiary/aromatic N) is 2. The molecule has 0 bridgehead atoms. The van der Waals surface area contributed by atoms with E-state index in [4.69, 9.17) is 15.7 Å². The molecule has 0 saturated carbocycles. The lowest BCUT2D eigenvalue weighted by atomic mass is 10.2. The molecule has 1 aliphatic heterocycles. The Labute approximate surface area is 127 Å². The maximum Gasteiger partial charge on any atom is 0.200 e. The minimum atomic E-state index is -2.29. The fourth-order valence-electron chi connectivity index (χ4n) is 1.84. The van der Waals surface area contributed by atoms with Gasteiger partial charge in [0, 0.05) is 0 Å². The van der Waals surface area contributed by atoms with Crippen molar-refractivity contribution < 1.29 is 26.7 Å². The lowest BCUT2D eigenvalue weighted by Crippen LogP contribution is -2.35. The quantitative estimate of drug-likeness (QED) is 0.384. The van der Waals surface area contributed by atoms with Gasteiger partial charge in [0.25, 0.3) is 0 Å². The largest absolute Gasteiger partial charge is 0.499 e. The van der Waals surface area contributed by atoms with Crippen molar-refractivity contribution in [1.29, 1.82) is 5.26 Å². The van der Waals surface area contributed by atoms with Crippen LogP contribution in [-0.2, 0) is 4.74 Å². The van der Waals surface area contributed by atoms with E-state index in [-0.39, 0.29) is 23.7 Å². The van der Waals surface area contributed by atoms with E-state index in [1.807, 2.05) is 0 Å². The van der Waals surface area contributed by atoms with E-state index in [9.17, 15) is 22.0 Å². The summed E-state index contributed by atoms with van der Waals surface area (Å²) >= 11 is 0. The molecule has 23 heavy (non-hydrogen) atoms. The predicted molar refractivity (Wildman–Crippen MR) is 68.4 cm³/mol. The highest BCUT2D eigenvalue weighted by molar-refractivity contribution is 5.65. The fraction of sp³-hybridized carbons (Fsp3) is 0.154. The molecule has 1 aromatic carbocycles. The van der Waals surface area contributed by atoms with Gasteiger partial charge in [-0.15, -0.1) is 0 Å². The van der Waals surface area contributed by atoms with Crippen LogP contribution >= 0.6 is 0 Å². The first-order chi connectivity index (χ1) is 10.8. The van der Waals surface area contributed by atoms with Crippen LogP contribution in [0.2, 0.25) is 0 Å². The number of nitriles is 1. The normalized spacial score (nSPS) is 15.9. The van der Waals surface area contributed by atoms with E-state index in [0.29, 0.717) is 5.01 Å². The van der Waals surface area contributed by atoms with Crippen molar-refractivity contribution in [3.63, 3.8) is 0 Å². The molecular formula is C13H9F5N4O. The molecule has 2 rings (SSSR count). The summed E-state index contributed by atoms with van der Waals surface area (Å²) in [7, 11) is 0. The van der Waals surface area contributed by atoms with Crippen LogP contribution in [0, 0.1) is 40.4 Å². The van der Waals surface area contributed by atoms with Crippen LogP contribution in [0.4, 0.5) is 27.6 Å². The third-order valence-electron chi connectivity index (χ3n) is 2.88. The number of rotatable bonds is 3. The number of hydrogen-bond acceptors (Lipinski definition) is 5. The molecule has 0 aliphatic carbocycles. The summed E-state index contributed by atoms with van der Waals surface area (Å²) < 4.78 is 72.5. The van der Waals surface area contributed by atoms with Crippen LogP contribution in [0.15, 0.2) is 23.4 Å².